The Hall–Kier alpha value is -1.88. The molecule has 5 nitrogen and oxygen atoms in total. The van der Waals surface area contributed by atoms with Crippen molar-refractivity contribution in [3.05, 3.63) is 35.4 Å². The van der Waals surface area contributed by atoms with Gasteiger partial charge in [-0.25, -0.2) is 0 Å². The van der Waals surface area contributed by atoms with Gasteiger partial charge in [-0.15, -0.1) is 0 Å². The highest BCUT2D eigenvalue weighted by Crippen LogP contribution is 2.40. The molecule has 0 aromatic heterocycles. The molecule has 1 fully saturated rings. The molecule has 0 saturated heterocycles. The summed E-state index contributed by atoms with van der Waals surface area (Å²) in [4.78, 5) is 24.1. The van der Waals surface area contributed by atoms with Crippen LogP contribution < -0.4 is 10.6 Å². The van der Waals surface area contributed by atoms with Gasteiger partial charge in [-0.1, -0.05) is 18.9 Å². The minimum Gasteiger partial charge on any atom is -0.385 e. The summed E-state index contributed by atoms with van der Waals surface area (Å²) in [5, 5.41) is 5.62. The molecule has 0 bridgehead atoms. The molecule has 0 atom stereocenters. The van der Waals surface area contributed by atoms with Crippen LogP contribution in [-0.2, 0) is 4.74 Å². The largest absolute Gasteiger partial charge is 0.385 e. The lowest BCUT2D eigenvalue weighted by Crippen LogP contribution is -2.36. The fourth-order valence-corrected chi connectivity index (χ4v) is 3.27. The summed E-state index contributed by atoms with van der Waals surface area (Å²) < 4.78 is 5.22. The second-order valence-corrected chi connectivity index (χ2v) is 6.29. The van der Waals surface area contributed by atoms with Crippen molar-refractivity contribution >= 4 is 11.8 Å². The maximum Gasteiger partial charge on any atom is 0.251 e. The lowest BCUT2D eigenvalue weighted by atomic mass is 9.83. The molecule has 1 aliphatic carbocycles. The predicted molar refractivity (Wildman–Crippen MR) is 89.6 cm³/mol. The molecule has 1 aromatic rings. The molecule has 0 heterocycles. The van der Waals surface area contributed by atoms with Crippen LogP contribution in [0.5, 0.6) is 0 Å². The van der Waals surface area contributed by atoms with E-state index in [0.717, 1.165) is 25.9 Å². The molecule has 2 rings (SSSR count). The van der Waals surface area contributed by atoms with Crippen LogP contribution in [0.2, 0.25) is 0 Å². The number of carbonyl (C=O) groups excluding carboxylic acids is 2. The van der Waals surface area contributed by atoms with Crippen LogP contribution in [0.25, 0.3) is 0 Å². The molecule has 2 amide bonds. The predicted octanol–water partition coefficient (Wildman–Crippen LogP) is 2.37. The van der Waals surface area contributed by atoms with Gasteiger partial charge >= 0.3 is 0 Å². The van der Waals surface area contributed by atoms with E-state index >= 15 is 0 Å². The molecule has 0 radical (unpaired) electrons. The van der Waals surface area contributed by atoms with Crippen molar-refractivity contribution in [2.45, 2.75) is 32.1 Å². The van der Waals surface area contributed by atoms with Crippen LogP contribution in [0.15, 0.2) is 24.3 Å². The zero-order chi connectivity index (χ0) is 16.7. The summed E-state index contributed by atoms with van der Waals surface area (Å²) >= 11 is 0. The smallest absolute Gasteiger partial charge is 0.251 e. The summed E-state index contributed by atoms with van der Waals surface area (Å²) in [5.74, 6) is -0.313. The summed E-state index contributed by atoms with van der Waals surface area (Å²) in [6, 6.07) is 6.80. The lowest BCUT2D eigenvalue weighted by Gasteiger charge is -2.29. The number of methoxy groups -OCH3 is 1. The number of benzene rings is 1. The summed E-state index contributed by atoms with van der Waals surface area (Å²) in [6.07, 6.45) is 5.67. The second-order valence-electron chi connectivity index (χ2n) is 6.29. The summed E-state index contributed by atoms with van der Waals surface area (Å²) in [5.41, 5.74) is 1.17. The monoisotopic (exact) mass is 318 g/mol. The first-order valence-corrected chi connectivity index (χ1v) is 8.19. The number of hydrogen-bond acceptors (Lipinski definition) is 3. The standard InChI is InChI=1S/C18H26N2O3/c1-19-16(21)14-6-5-7-15(12-14)17(22)20-13-18(10-11-23-2)8-3-4-9-18/h5-7,12H,3-4,8-11,13H2,1-2H3,(H,19,21)(H,20,22). The Balaban J connectivity index is 1.99. The van der Waals surface area contributed by atoms with E-state index in [-0.39, 0.29) is 17.2 Å². The maximum absolute atomic E-state index is 12.4. The number of carbonyl (C=O) groups is 2. The molecule has 1 aliphatic rings. The SMILES string of the molecule is CNC(=O)c1cccc(C(=O)NCC2(CCOC)CCCC2)c1. The van der Waals surface area contributed by atoms with Crippen molar-refractivity contribution in [1.29, 1.82) is 0 Å². The van der Waals surface area contributed by atoms with Crippen molar-refractivity contribution in [3.8, 4) is 0 Å². The zero-order valence-corrected chi connectivity index (χ0v) is 14.0. The van der Waals surface area contributed by atoms with Crippen LogP contribution in [-0.4, -0.2) is 39.1 Å². The highest BCUT2D eigenvalue weighted by molar-refractivity contribution is 5.99. The first kappa shape index (κ1) is 17.5. The zero-order valence-electron chi connectivity index (χ0n) is 14.0. The lowest BCUT2D eigenvalue weighted by molar-refractivity contribution is 0.0903. The normalized spacial score (nSPS) is 16.1. The molecular formula is C18H26N2O3. The summed E-state index contributed by atoms with van der Waals surface area (Å²) in [7, 11) is 3.29. The van der Waals surface area contributed by atoms with Crippen molar-refractivity contribution < 1.29 is 14.3 Å². The van der Waals surface area contributed by atoms with Crippen LogP contribution in [0.4, 0.5) is 0 Å². The van der Waals surface area contributed by atoms with Gasteiger partial charge in [0.1, 0.15) is 0 Å². The van der Waals surface area contributed by atoms with E-state index < -0.39 is 0 Å². The Morgan fingerprint density at radius 1 is 1.17 bits per heavy atom. The van der Waals surface area contributed by atoms with Gasteiger partial charge in [-0.05, 0) is 42.9 Å². The highest BCUT2D eigenvalue weighted by Gasteiger charge is 2.33. The Morgan fingerprint density at radius 2 is 1.83 bits per heavy atom. The van der Waals surface area contributed by atoms with Gasteiger partial charge in [-0.2, -0.15) is 0 Å². The van der Waals surface area contributed by atoms with Gasteiger partial charge in [0.2, 0.25) is 0 Å². The fourth-order valence-electron chi connectivity index (χ4n) is 3.27. The van der Waals surface area contributed by atoms with Gasteiger partial charge in [0.15, 0.2) is 0 Å². The first-order chi connectivity index (χ1) is 11.1. The highest BCUT2D eigenvalue weighted by atomic mass is 16.5. The number of rotatable bonds is 7. The van der Waals surface area contributed by atoms with Gasteiger partial charge in [0, 0.05) is 38.4 Å². The average molecular weight is 318 g/mol. The van der Waals surface area contributed by atoms with E-state index in [1.807, 2.05) is 0 Å². The molecule has 2 N–H and O–H groups in total. The van der Waals surface area contributed by atoms with E-state index in [0.29, 0.717) is 17.7 Å². The summed E-state index contributed by atoms with van der Waals surface area (Å²) in [6.45, 7) is 1.39. The third-order valence-electron chi connectivity index (χ3n) is 4.74. The van der Waals surface area contributed by atoms with Crippen LogP contribution in [0, 0.1) is 5.41 Å². The van der Waals surface area contributed by atoms with Crippen molar-refractivity contribution in [2.24, 2.45) is 5.41 Å². The Bertz CT molecular complexity index is 551. The third kappa shape index (κ3) is 4.55. The van der Waals surface area contributed by atoms with E-state index in [4.69, 9.17) is 4.74 Å². The Morgan fingerprint density at radius 3 is 2.43 bits per heavy atom. The van der Waals surface area contributed by atoms with Crippen molar-refractivity contribution in [3.63, 3.8) is 0 Å². The van der Waals surface area contributed by atoms with Crippen LogP contribution >= 0.6 is 0 Å². The van der Waals surface area contributed by atoms with E-state index in [2.05, 4.69) is 10.6 Å². The number of hydrogen-bond donors (Lipinski definition) is 2. The quantitative estimate of drug-likeness (QED) is 0.811. The Labute approximate surface area is 137 Å². The van der Waals surface area contributed by atoms with E-state index in [9.17, 15) is 9.59 Å². The number of nitrogens with one attached hydrogen (secondary N) is 2. The van der Waals surface area contributed by atoms with Gasteiger partial charge in [-0.3, -0.25) is 9.59 Å². The molecule has 23 heavy (non-hydrogen) atoms. The maximum atomic E-state index is 12.4. The van der Waals surface area contributed by atoms with Gasteiger partial charge < -0.3 is 15.4 Å². The van der Waals surface area contributed by atoms with E-state index in [1.54, 1.807) is 38.4 Å². The first-order valence-electron chi connectivity index (χ1n) is 8.19. The molecule has 1 aromatic carbocycles. The van der Waals surface area contributed by atoms with Gasteiger partial charge in [0.25, 0.3) is 11.8 Å². The minimum absolute atomic E-state index is 0.126. The molecule has 0 aliphatic heterocycles. The van der Waals surface area contributed by atoms with Gasteiger partial charge in [0.05, 0.1) is 0 Å². The fraction of sp³-hybridized carbons (Fsp3) is 0.556. The number of ether oxygens (including phenoxy) is 1. The minimum atomic E-state index is -0.188. The third-order valence-corrected chi connectivity index (χ3v) is 4.74. The van der Waals surface area contributed by atoms with Crippen molar-refractivity contribution in [2.75, 3.05) is 27.3 Å². The molecule has 126 valence electrons. The number of amides is 2. The molecule has 5 heteroatoms. The second kappa shape index (κ2) is 8.11. The molecular weight excluding hydrogens is 292 g/mol. The van der Waals surface area contributed by atoms with Crippen LogP contribution in [0.3, 0.4) is 0 Å². The topological polar surface area (TPSA) is 67.4 Å². The molecule has 1 saturated carbocycles. The van der Waals surface area contributed by atoms with E-state index in [1.165, 1.54) is 12.8 Å². The average Bonchev–Trinajstić information content (AvgIpc) is 3.06. The molecule has 0 unspecified atom stereocenters. The molecule has 0 spiro atoms. The Kier molecular flexibility index (Phi) is 6.16. The van der Waals surface area contributed by atoms with Crippen LogP contribution in [0.1, 0.15) is 52.8 Å². The van der Waals surface area contributed by atoms with Crippen molar-refractivity contribution in [1.82, 2.24) is 10.6 Å².